The maximum Gasteiger partial charge on any atom is 0.127 e. The molecule has 0 aliphatic heterocycles. The molecule has 0 amide bonds. The van der Waals surface area contributed by atoms with Crippen LogP contribution >= 0.6 is 11.6 Å². The lowest BCUT2D eigenvalue weighted by Gasteiger charge is -2.20. The van der Waals surface area contributed by atoms with Crippen LogP contribution in [0.25, 0.3) is 11.1 Å². The third-order valence-electron chi connectivity index (χ3n) is 4.45. The van der Waals surface area contributed by atoms with Gasteiger partial charge in [0, 0.05) is 17.6 Å². The Labute approximate surface area is 165 Å². The van der Waals surface area contributed by atoms with Crippen molar-refractivity contribution in [2.24, 2.45) is 5.84 Å². The van der Waals surface area contributed by atoms with E-state index in [4.69, 9.17) is 26.9 Å². The Morgan fingerprint density at radius 1 is 1.00 bits per heavy atom. The van der Waals surface area contributed by atoms with Crippen molar-refractivity contribution in [3.8, 4) is 22.6 Å². The molecule has 27 heavy (non-hydrogen) atoms. The molecule has 0 saturated heterocycles. The Hall–Kier alpha value is -2.69. The lowest BCUT2D eigenvalue weighted by Crippen LogP contribution is -2.26. The molecular formula is C22H23ClN2O2. The predicted octanol–water partition coefficient (Wildman–Crippen LogP) is 5.21. The molecule has 0 aliphatic carbocycles. The molecule has 0 atom stereocenters. The van der Waals surface area contributed by atoms with Crippen molar-refractivity contribution in [3.05, 3.63) is 76.8 Å². The van der Waals surface area contributed by atoms with Crippen LogP contribution in [0.2, 0.25) is 5.02 Å². The SMILES string of the molecule is COc1cccc(N(C)N)c1COc1cc(-c2ccccc2Cl)ccc1C. The summed E-state index contributed by atoms with van der Waals surface area (Å²) in [7, 11) is 3.43. The largest absolute Gasteiger partial charge is 0.496 e. The fourth-order valence-corrected chi connectivity index (χ4v) is 3.23. The number of hydrogen-bond acceptors (Lipinski definition) is 4. The number of anilines is 1. The van der Waals surface area contributed by atoms with Gasteiger partial charge >= 0.3 is 0 Å². The first-order valence-electron chi connectivity index (χ1n) is 8.64. The highest BCUT2D eigenvalue weighted by atomic mass is 35.5. The monoisotopic (exact) mass is 382 g/mol. The highest BCUT2D eigenvalue weighted by molar-refractivity contribution is 6.33. The van der Waals surface area contributed by atoms with Gasteiger partial charge in [0.2, 0.25) is 0 Å². The molecule has 2 N–H and O–H groups in total. The third-order valence-corrected chi connectivity index (χ3v) is 4.78. The lowest BCUT2D eigenvalue weighted by molar-refractivity contribution is 0.295. The zero-order chi connectivity index (χ0) is 19.4. The molecule has 0 aliphatic rings. The van der Waals surface area contributed by atoms with Gasteiger partial charge in [0.25, 0.3) is 0 Å². The minimum Gasteiger partial charge on any atom is -0.496 e. The Kier molecular flexibility index (Phi) is 5.89. The summed E-state index contributed by atoms with van der Waals surface area (Å²) in [5.74, 6) is 7.50. The van der Waals surface area contributed by atoms with Crippen LogP contribution < -0.4 is 20.3 Å². The van der Waals surface area contributed by atoms with E-state index in [1.54, 1.807) is 19.2 Å². The average Bonchev–Trinajstić information content (AvgIpc) is 2.67. The number of hydrogen-bond donors (Lipinski definition) is 1. The van der Waals surface area contributed by atoms with Crippen molar-refractivity contribution < 1.29 is 9.47 Å². The van der Waals surface area contributed by atoms with Crippen LogP contribution in [0.4, 0.5) is 5.69 Å². The Bertz CT molecular complexity index is 941. The van der Waals surface area contributed by atoms with E-state index in [9.17, 15) is 0 Å². The fraction of sp³-hybridized carbons (Fsp3) is 0.182. The fourth-order valence-electron chi connectivity index (χ4n) is 2.99. The second-order valence-electron chi connectivity index (χ2n) is 6.32. The highest BCUT2D eigenvalue weighted by Gasteiger charge is 2.13. The number of benzene rings is 3. The molecule has 0 radical (unpaired) electrons. The summed E-state index contributed by atoms with van der Waals surface area (Å²) in [6.45, 7) is 2.36. The van der Waals surface area contributed by atoms with Crippen molar-refractivity contribution in [2.75, 3.05) is 19.2 Å². The predicted molar refractivity (Wildman–Crippen MR) is 112 cm³/mol. The Balaban J connectivity index is 1.92. The first-order valence-corrected chi connectivity index (χ1v) is 9.01. The maximum absolute atomic E-state index is 6.34. The number of nitrogens with two attached hydrogens (primary N) is 1. The molecule has 0 heterocycles. The smallest absolute Gasteiger partial charge is 0.127 e. The van der Waals surface area contributed by atoms with Crippen molar-refractivity contribution >= 4 is 17.3 Å². The number of methoxy groups -OCH3 is 1. The van der Waals surface area contributed by atoms with E-state index in [0.29, 0.717) is 11.6 Å². The number of nitrogens with zero attached hydrogens (tertiary/aromatic N) is 1. The zero-order valence-corrected chi connectivity index (χ0v) is 16.5. The summed E-state index contributed by atoms with van der Waals surface area (Å²) < 4.78 is 11.6. The molecule has 0 aromatic heterocycles. The van der Waals surface area contributed by atoms with Crippen LogP contribution in [-0.2, 0) is 6.61 Å². The van der Waals surface area contributed by atoms with E-state index < -0.39 is 0 Å². The van der Waals surface area contributed by atoms with Crippen LogP contribution in [0.5, 0.6) is 11.5 Å². The van der Waals surface area contributed by atoms with Gasteiger partial charge in [-0.25, -0.2) is 5.84 Å². The Morgan fingerprint density at radius 3 is 2.48 bits per heavy atom. The lowest BCUT2D eigenvalue weighted by atomic mass is 10.0. The van der Waals surface area contributed by atoms with Gasteiger partial charge in [0.1, 0.15) is 18.1 Å². The van der Waals surface area contributed by atoms with E-state index in [1.807, 2.05) is 67.6 Å². The van der Waals surface area contributed by atoms with Gasteiger partial charge in [0.05, 0.1) is 18.4 Å². The standard InChI is InChI=1S/C22H23ClN2O2/c1-15-11-12-16(17-7-4-5-8-19(17)23)13-22(15)27-14-18-20(25(2)24)9-6-10-21(18)26-3/h4-13H,14,24H2,1-3H3. The maximum atomic E-state index is 6.34. The third kappa shape index (κ3) is 4.18. The van der Waals surface area contributed by atoms with Crippen molar-refractivity contribution in [1.29, 1.82) is 0 Å². The molecule has 4 nitrogen and oxygen atoms in total. The zero-order valence-electron chi connectivity index (χ0n) is 15.7. The van der Waals surface area contributed by atoms with E-state index in [-0.39, 0.29) is 0 Å². The summed E-state index contributed by atoms with van der Waals surface area (Å²) in [5.41, 5.74) is 4.78. The first-order chi connectivity index (χ1) is 13.0. The number of halogens is 1. The van der Waals surface area contributed by atoms with Gasteiger partial charge in [0.15, 0.2) is 0 Å². The molecule has 3 rings (SSSR count). The molecule has 0 fully saturated rings. The summed E-state index contributed by atoms with van der Waals surface area (Å²) >= 11 is 6.34. The van der Waals surface area contributed by atoms with E-state index >= 15 is 0 Å². The first kappa shape index (κ1) is 19.1. The molecule has 0 unspecified atom stereocenters. The molecule has 3 aromatic carbocycles. The molecule has 3 aromatic rings. The normalized spacial score (nSPS) is 10.6. The van der Waals surface area contributed by atoms with Gasteiger partial charge in [-0.2, -0.15) is 0 Å². The van der Waals surface area contributed by atoms with Gasteiger partial charge in [-0.05, 0) is 42.3 Å². The molecular weight excluding hydrogens is 360 g/mol. The number of rotatable bonds is 6. The van der Waals surface area contributed by atoms with Crippen LogP contribution in [0, 0.1) is 6.92 Å². The average molecular weight is 383 g/mol. The quantitative estimate of drug-likeness (QED) is 0.469. The number of aryl methyl sites for hydroxylation is 1. The molecule has 140 valence electrons. The topological polar surface area (TPSA) is 47.7 Å². The van der Waals surface area contributed by atoms with Gasteiger partial charge in [-0.15, -0.1) is 0 Å². The van der Waals surface area contributed by atoms with Crippen LogP contribution in [0.1, 0.15) is 11.1 Å². The molecule has 0 bridgehead atoms. The van der Waals surface area contributed by atoms with Crippen molar-refractivity contribution in [2.45, 2.75) is 13.5 Å². The summed E-state index contributed by atoms with van der Waals surface area (Å²) in [4.78, 5) is 0. The van der Waals surface area contributed by atoms with Crippen molar-refractivity contribution in [1.82, 2.24) is 0 Å². The second-order valence-corrected chi connectivity index (χ2v) is 6.72. The summed E-state index contributed by atoms with van der Waals surface area (Å²) in [6.07, 6.45) is 0. The van der Waals surface area contributed by atoms with Crippen molar-refractivity contribution in [3.63, 3.8) is 0 Å². The minimum atomic E-state index is 0.341. The summed E-state index contributed by atoms with van der Waals surface area (Å²) in [6, 6.07) is 19.6. The van der Waals surface area contributed by atoms with E-state index in [2.05, 4.69) is 0 Å². The molecule has 0 saturated carbocycles. The van der Waals surface area contributed by atoms with Gasteiger partial charge in [-0.1, -0.05) is 48.0 Å². The van der Waals surface area contributed by atoms with E-state index in [0.717, 1.165) is 39.4 Å². The van der Waals surface area contributed by atoms with Crippen LogP contribution in [0.15, 0.2) is 60.7 Å². The highest BCUT2D eigenvalue weighted by Crippen LogP contribution is 2.33. The van der Waals surface area contributed by atoms with Gasteiger partial charge < -0.3 is 14.5 Å². The van der Waals surface area contributed by atoms with Crippen LogP contribution in [0.3, 0.4) is 0 Å². The van der Waals surface area contributed by atoms with E-state index in [1.165, 1.54) is 0 Å². The Morgan fingerprint density at radius 2 is 1.78 bits per heavy atom. The molecule has 0 spiro atoms. The minimum absolute atomic E-state index is 0.341. The van der Waals surface area contributed by atoms with Crippen LogP contribution in [-0.4, -0.2) is 14.2 Å². The second kappa shape index (κ2) is 8.33. The van der Waals surface area contributed by atoms with Gasteiger partial charge in [-0.3, -0.25) is 0 Å². The number of hydrazine groups is 1. The number of ether oxygens (including phenoxy) is 2. The summed E-state index contributed by atoms with van der Waals surface area (Å²) in [5, 5.41) is 2.28. The molecule has 5 heteroatoms.